The Morgan fingerprint density at radius 3 is 2.48 bits per heavy atom. The number of aryl methyl sites for hydroxylation is 1. The van der Waals surface area contributed by atoms with E-state index in [9.17, 15) is 9.59 Å². The van der Waals surface area contributed by atoms with E-state index in [0.717, 1.165) is 38.5 Å². The van der Waals surface area contributed by atoms with Crippen LogP contribution in [0.1, 0.15) is 44.1 Å². The Bertz CT molecular complexity index is 521. The van der Waals surface area contributed by atoms with Gasteiger partial charge in [0.25, 0.3) is 5.91 Å². The molecule has 2 fully saturated rings. The van der Waals surface area contributed by atoms with Gasteiger partial charge < -0.3 is 4.90 Å². The van der Waals surface area contributed by atoms with Gasteiger partial charge in [0.1, 0.15) is 5.54 Å². The van der Waals surface area contributed by atoms with Crippen LogP contribution < -0.4 is 5.32 Å². The van der Waals surface area contributed by atoms with Crippen LogP contribution in [0, 0.1) is 0 Å². The minimum absolute atomic E-state index is 0.0769. The maximum atomic E-state index is 12.2. The highest BCUT2D eigenvalue weighted by Crippen LogP contribution is 2.37. The summed E-state index contributed by atoms with van der Waals surface area (Å²) in [6, 6.07) is 10.1. The third-order valence-electron chi connectivity index (χ3n) is 4.78. The van der Waals surface area contributed by atoms with E-state index in [1.165, 1.54) is 12.0 Å². The number of urea groups is 1. The second-order valence-electron chi connectivity index (χ2n) is 6.09. The molecule has 1 aromatic rings. The second-order valence-corrected chi connectivity index (χ2v) is 6.09. The molecule has 1 aliphatic heterocycles. The molecule has 1 N–H and O–H groups in total. The molecule has 4 nitrogen and oxygen atoms in total. The van der Waals surface area contributed by atoms with Crippen LogP contribution in [0.5, 0.6) is 0 Å². The molecule has 21 heavy (non-hydrogen) atoms. The highest BCUT2D eigenvalue weighted by atomic mass is 16.2. The number of imide groups is 1. The number of nitrogens with one attached hydrogen (secondary N) is 1. The molecule has 1 heterocycles. The Morgan fingerprint density at radius 2 is 1.76 bits per heavy atom. The van der Waals surface area contributed by atoms with Crippen molar-refractivity contribution in [3.63, 3.8) is 0 Å². The average molecular weight is 286 g/mol. The van der Waals surface area contributed by atoms with E-state index in [1.54, 1.807) is 4.90 Å². The lowest BCUT2D eigenvalue weighted by atomic mass is 9.80. The summed E-state index contributed by atoms with van der Waals surface area (Å²) in [5.74, 6) is -0.0769. The molecule has 4 heteroatoms. The van der Waals surface area contributed by atoms with Crippen molar-refractivity contribution in [3.8, 4) is 0 Å². The van der Waals surface area contributed by atoms with E-state index in [1.807, 2.05) is 18.2 Å². The number of nitrogens with zero attached hydrogens (tertiary/aromatic N) is 1. The van der Waals surface area contributed by atoms with E-state index < -0.39 is 5.54 Å². The van der Waals surface area contributed by atoms with Crippen molar-refractivity contribution < 1.29 is 9.59 Å². The van der Waals surface area contributed by atoms with Gasteiger partial charge in [-0.05, 0) is 31.2 Å². The van der Waals surface area contributed by atoms with Crippen LogP contribution in [0.3, 0.4) is 0 Å². The first kappa shape index (κ1) is 14.1. The molecule has 0 radical (unpaired) electrons. The Labute approximate surface area is 125 Å². The molecule has 0 unspecified atom stereocenters. The summed E-state index contributed by atoms with van der Waals surface area (Å²) in [5.41, 5.74) is 0.729. The number of carbonyl (C=O) groups excluding carboxylic acids is 2. The maximum Gasteiger partial charge on any atom is 0.325 e. The molecule has 1 aliphatic carbocycles. The van der Waals surface area contributed by atoms with E-state index in [4.69, 9.17) is 0 Å². The zero-order chi connectivity index (χ0) is 14.7. The van der Waals surface area contributed by atoms with Crippen LogP contribution in [0.4, 0.5) is 4.79 Å². The van der Waals surface area contributed by atoms with Gasteiger partial charge in [-0.25, -0.2) is 4.79 Å². The van der Waals surface area contributed by atoms with Crippen molar-refractivity contribution in [3.05, 3.63) is 35.9 Å². The Morgan fingerprint density at radius 1 is 1.05 bits per heavy atom. The third kappa shape index (κ3) is 2.67. The lowest BCUT2D eigenvalue weighted by Gasteiger charge is -2.38. The van der Waals surface area contributed by atoms with Gasteiger partial charge in [-0.3, -0.25) is 10.1 Å². The first-order chi connectivity index (χ1) is 10.2. The molecular formula is C17H22N2O2. The minimum Gasteiger partial charge on any atom is -0.310 e. The van der Waals surface area contributed by atoms with E-state index in [2.05, 4.69) is 17.4 Å². The number of hydrogen-bond donors (Lipinski definition) is 1. The average Bonchev–Trinajstić information content (AvgIpc) is 2.73. The number of hydrogen-bond acceptors (Lipinski definition) is 2. The molecule has 112 valence electrons. The predicted octanol–water partition coefficient (Wildman–Crippen LogP) is 2.87. The van der Waals surface area contributed by atoms with Gasteiger partial charge in [0.05, 0.1) is 0 Å². The number of amides is 3. The third-order valence-corrected chi connectivity index (χ3v) is 4.78. The van der Waals surface area contributed by atoms with E-state index >= 15 is 0 Å². The molecule has 3 rings (SSSR count). The fraction of sp³-hybridized carbons (Fsp3) is 0.529. The molecule has 0 aromatic heterocycles. The molecule has 0 bridgehead atoms. The molecule has 1 saturated carbocycles. The Hall–Kier alpha value is -1.84. The standard InChI is InChI=1S/C17H22N2O2/c20-15-17(11-5-2-6-12-17)19(16(21)18-15)13-7-10-14-8-3-1-4-9-14/h1,3-4,8-9H,2,5-7,10-13H2,(H,18,20,21). The molecule has 1 spiro atoms. The maximum absolute atomic E-state index is 12.2. The van der Waals surface area contributed by atoms with Gasteiger partial charge in [0, 0.05) is 6.54 Å². The monoisotopic (exact) mass is 286 g/mol. The van der Waals surface area contributed by atoms with Crippen LogP contribution >= 0.6 is 0 Å². The number of rotatable bonds is 4. The first-order valence-corrected chi connectivity index (χ1v) is 7.89. The normalized spacial score (nSPS) is 20.9. The fourth-order valence-corrected chi connectivity index (χ4v) is 3.63. The summed E-state index contributed by atoms with van der Waals surface area (Å²) in [4.78, 5) is 26.1. The first-order valence-electron chi connectivity index (χ1n) is 7.89. The van der Waals surface area contributed by atoms with Crippen LogP contribution in [0.2, 0.25) is 0 Å². The van der Waals surface area contributed by atoms with Crippen LogP contribution in [-0.2, 0) is 11.2 Å². The molecule has 3 amide bonds. The van der Waals surface area contributed by atoms with Gasteiger partial charge in [-0.2, -0.15) is 0 Å². The van der Waals surface area contributed by atoms with Crippen LogP contribution in [0.15, 0.2) is 30.3 Å². The van der Waals surface area contributed by atoms with Crippen LogP contribution in [-0.4, -0.2) is 28.9 Å². The quantitative estimate of drug-likeness (QED) is 0.865. The minimum atomic E-state index is -0.550. The SMILES string of the molecule is O=C1NC(=O)C2(CCCCC2)N1CCCc1ccccc1. The summed E-state index contributed by atoms with van der Waals surface area (Å²) < 4.78 is 0. The summed E-state index contributed by atoms with van der Waals surface area (Å²) in [6.07, 6.45) is 6.71. The summed E-state index contributed by atoms with van der Waals surface area (Å²) in [5, 5.41) is 2.52. The highest BCUT2D eigenvalue weighted by Gasteiger charge is 2.52. The zero-order valence-electron chi connectivity index (χ0n) is 12.3. The number of benzene rings is 1. The van der Waals surface area contributed by atoms with E-state index in [-0.39, 0.29) is 11.9 Å². The zero-order valence-corrected chi connectivity index (χ0v) is 12.3. The van der Waals surface area contributed by atoms with Crippen molar-refractivity contribution in [1.82, 2.24) is 10.2 Å². The van der Waals surface area contributed by atoms with Gasteiger partial charge >= 0.3 is 6.03 Å². The van der Waals surface area contributed by atoms with E-state index in [0.29, 0.717) is 6.54 Å². The Balaban J connectivity index is 1.65. The van der Waals surface area contributed by atoms with Crippen molar-refractivity contribution >= 4 is 11.9 Å². The lowest BCUT2D eigenvalue weighted by molar-refractivity contribution is -0.128. The van der Waals surface area contributed by atoms with Gasteiger partial charge in [0.15, 0.2) is 0 Å². The predicted molar refractivity (Wildman–Crippen MR) is 80.8 cm³/mol. The summed E-state index contributed by atoms with van der Waals surface area (Å²) in [7, 11) is 0. The van der Waals surface area contributed by atoms with Crippen LogP contribution in [0.25, 0.3) is 0 Å². The number of carbonyl (C=O) groups is 2. The molecule has 1 aromatic carbocycles. The smallest absolute Gasteiger partial charge is 0.310 e. The van der Waals surface area contributed by atoms with Crippen molar-refractivity contribution in [2.24, 2.45) is 0 Å². The molecule has 1 saturated heterocycles. The van der Waals surface area contributed by atoms with Crippen molar-refractivity contribution in [1.29, 1.82) is 0 Å². The largest absolute Gasteiger partial charge is 0.325 e. The highest BCUT2D eigenvalue weighted by molar-refractivity contribution is 6.07. The molecule has 2 aliphatic rings. The Kier molecular flexibility index (Phi) is 3.95. The van der Waals surface area contributed by atoms with Gasteiger partial charge in [-0.1, -0.05) is 49.6 Å². The van der Waals surface area contributed by atoms with Gasteiger partial charge in [-0.15, -0.1) is 0 Å². The van der Waals surface area contributed by atoms with Crippen molar-refractivity contribution in [2.75, 3.05) is 6.54 Å². The fourth-order valence-electron chi connectivity index (χ4n) is 3.63. The van der Waals surface area contributed by atoms with Gasteiger partial charge in [0.2, 0.25) is 0 Å². The summed E-state index contributed by atoms with van der Waals surface area (Å²) in [6.45, 7) is 0.659. The van der Waals surface area contributed by atoms with Crippen molar-refractivity contribution in [2.45, 2.75) is 50.5 Å². The second kappa shape index (κ2) is 5.88. The topological polar surface area (TPSA) is 49.4 Å². The molecule has 0 atom stereocenters. The summed E-state index contributed by atoms with van der Waals surface area (Å²) >= 11 is 0. The molecular weight excluding hydrogens is 264 g/mol. The lowest BCUT2D eigenvalue weighted by Crippen LogP contribution is -2.51.